The van der Waals surface area contributed by atoms with E-state index in [9.17, 15) is 0 Å². The fourth-order valence-corrected chi connectivity index (χ4v) is 7.71. The number of ether oxygens (including phenoxy) is 2. The first-order valence-electron chi connectivity index (χ1n) is 20.8. The predicted molar refractivity (Wildman–Crippen MR) is 199 cm³/mol. The minimum absolute atomic E-state index is 0.263. The van der Waals surface area contributed by atoms with Crippen LogP contribution in [0.1, 0.15) is 226 Å². The third-order valence-electron chi connectivity index (χ3n) is 10.6. The number of hydrogen-bond acceptors (Lipinski definition) is 2. The van der Waals surface area contributed by atoms with Gasteiger partial charge in [-0.05, 0) is 63.7 Å². The van der Waals surface area contributed by atoms with Crippen LogP contribution < -0.4 is 0 Å². The average Bonchev–Trinajstić information content (AvgIpc) is 3.54. The number of hydrogen-bond donors (Lipinski definition) is 0. The van der Waals surface area contributed by atoms with Gasteiger partial charge in [-0.3, -0.25) is 0 Å². The zero-order chi connectivity index (χ0) is 32.1. The molecule has 0 aromatic carbocycles. The van der Waals surface area contributed by atoms with E-state index in [4.69, 9.17) is 9.47 Å². The van der Waals surface area contributed by atoms with Gasteiger partial charge in [0.05, 0.1) is 12.2 Å². The third-order valence-corrected chi connectivity index (χ3v) is 10.6. The zero-order valence-electron chi connectivity index (χ0n) is 31.0. The quantitative estimate of drug-likeness (QED) is 0.0545. The average molecular weight is 629 g/mol. The van der Waals surface area contributed by atoms with E-state index in [0.29, 0.717) is 12.2 Å². The highest BCUT2D eigenvalue weighted by atomic mass is 16.8. The van der Waals surface area contributed by atoms with Crippen molar-refractivity contribution in [2.45, 2.75) is 244 Å². The molecule has 2 fully saturated rings. The van der Waals surface area contributed by atoms with Crippen molar-refractivity contribution in [1.82, 2.24) is 0 Å². The Hall–Kier alpha value is -0.600. The Kier molecular flexibility index (Phi) is 25.6. The Labute approximate surface area is 283 Å². The lowest BCUT2D eigenvalue weighted by Gasteiger charge is -2.30. The van der Waals surface area contributed by atoms with Crippen LogP contribution in [0.5, 0.6) is 0 Å². The van der Waals surface area contributed by atoms with E-state index in [2.05, 4.69) is 45.1 Å². The van der Waals surface area contributed by atoms with Crippen LogP contribution in [0.15, 0.2) is 24.3 Å². The highest BCUT2D eigenvalue weighted by molar-refractivity contribution is 4.93. The molecule has 0 spiro atoms. The summed E-state index contributed by atoms with van der Waals surface area (Å²) in [6, 6.07) is 0. The van der Waals surface area contributed by atoms with Gasteiger partial charge in [0.15, 0.2) is 5.79 Å². The van der Waals surface area contributed by atoms with Crippen LogP contribution >= 0.6 is 0 Å². The number of unbranched alkanes of at least 4 members (excludes halogenated alkanes) is 24. The van der Waals surface area contributed by atoms with E-state index in [1.807, 2.05) is 0 Å². The van der Waals surface area contributed by atoms with Crippen LogP contribution in [-0.4, -0.2) is 18.0 Å². The summed E-state index contributed by atoms with van der Waals surface area (Å²) < 4.78 is 13.5. The normalized spacial score (nSPS) is 23.2. The molecule has 0 N–H and O–H groups in total. The number of allylic oxidation sites excluding steroid dienone is 4. The van der Waals surface area contributed by atoms with E-state index in [-0.39, 0.29) is 5.79 Å². The van der Waals surface area contributed by atoms with Crippen molar-refractivity contribution < 1.29 is 9.47 Å². The van der Waals surface area contributed by atoms with Gasteiger partial charge in [0, 0.05) is 12.8 Å². The summed E-state index contributed by atoms with van der Waals surface area (Å²) >= 11 is 0. The molecule has 1 aliphatic carbocycles. The van der Waals surface area contributed by atoms with Gasteiger partial charge in [-0.25, -0.2) is 0 Å². The molecule has 0 aromatic heterocycles. The first-order chi connectivity index (χ1) is 22.2. The van der Waals surface area contributed by atoms with Gasteiger partial charge in [-0.1, -0.05) is 180 Å². The van der Waals surface area contributed by atoms with Crippen LogP contribution in [0.3, 0.4) is 0 Å². The smallest absolute Gasteiger partial charge is 0.169 e. The summed E-state index contributed by atoms with van der Waals surface area (Å²) in [4.78, 5) is 0. The Morgan fingerprint density at radius 1 is 0.444 bits per heavy atom. The molecule has 4 atom stereocenters. The Balaban J connectivity index is 1.46. The second-order valence-corrected chi connectivity index (χ2v) is 15.2. The van der Waals surface area contributed by atoms with Crippen LogP contribution in [-0.2, 0) is 9.47 Å². The van der Waals surface area contributed by atoms with E-state index < -0.39 is 0 Å². The Bertz CT molecular complexity index is 682. The van der Waals surface area contributed by atoms with Crippen LogP contribution in [0.25, 0.3) is 0 Å². The van der Waals surface area contributed by atoms with Crippen molar-refractivity contribution in [1.29, 1.82) is 0 Å². The topological polar surface area (TPSA) is 18.5 Å². The molecule has 0 aromatic rings. The van der Waals surface area contributed by atoms with E-state index in [0.717, 1.165) is 25.2 Å². The van der Waals surface area contributed by atoms with Gasteiger partial charge in [0.2, 0.25) is 0 Å². The molecule has 1 heterocycles. The number of rotatable bonds is 32. The molecule has 2 rings (SSSR count). The molecule has 0 radical (unpaired) electrons. The molecule has 2 aliphatic rings. The summed E-state index contributed by atoms with van der Waals surface area (Å²) in [5, 5.41) is 0. The summed E-state index contributed by atoms with van der Waals surface area (Å²) in [7, 11) is 0. The van der Waals surface area contributed by atoms with Crippen molar-refractivity contribution in [3.05, 3.63) is 24.3 Å². The molecule has 0 amide bonds. The molecule has 1 saturated carbocycles. The summed E-state index contributed by atoms with van der Waals surface area (Å²) in [5.74, 6) is 0.496. The molecule has 1 saturated heterocycles. The molecular weight excluding hydrogens is 548 g/mol. The van der Waals surface area contributed by atoms with Crippen molar-refractivity contribution in [2.75, 3.05) is 0 Å². The highest BCUT2D eigenvalue weighted by Gasteiger charge is 2.50. The monoisotopic (exact) mass is 629 g/mol. The highest BCUT2D eigenvalue weighted by Crippen LogP contribution is 2.45. The van der Waals surface area contributed by atoms with Crippen molar-refractivity contribution in [3.63, 3.8) is 0 Å². The maximum atomic E-state index is 6.76. The number of fused-ring (bicyclic) bond motifs is 1. The predicted octanol–water partition coefficient (Wildman–Crippen LogP) is 14.8. The van der Waals surface area contributed by atoms with Crippen molar-refractivity contribution in [2.24, 2.45) is 5.92 Å². The van der Waals surface area contributed by atoms with Gasteiger partial charge >= 0.3 is 0 Å². The lowest BCUT2D eigenvalue weighted by Crippen LogP contribution is -2.32. The second kappa shape index (κ2) is 28.4. The van der Waals surface area contributed by atoms with Gasteiger partial charge in [-0.15, -0.1) is 0 Å². The largest absolute Gasteiger partial charge is 0.344 e. The van der Waals surface area contributed by atoms with Gasteiger partial charge in [0.1, 0.15) is 0 Å². The SMILES string of the molecule is CCCCC/C=C\C/C=C\CCCCCCCCC1(CCCCCCCCCCCCCCCCCC)O[C@H]2C[C@H](C)C[C@H]2O1. The molecule has 45 heavy (non-hydrogen) atoms. The second-order valence-electron chi connectivity index (χ2n) is 15.2. The van der Waals surface area contributed by atoms with Crippen LogP contribution in [0.2, 0.25) is 0 Å². The fourth-order valence-electron chi connectivity index (χ4n) is 7.71. The van der Waals surface area contributed by atoms with E-state index >= 15 is 0 Å². The van der Waals surface area contributed by atoms with Gasteiger partial charge in [-0.2, -0.15) is 0 Å². The molecule has 1 unspecified atom stereocenters. The van der Waals surface area contributed by atoms with Gasteiger partial charge < -0.3 is 9.47 Å². The van der Waals surface area contributed by atoms with Crippen molar-refractivity contribution in [3.8, 4) is 0 Å². The Morgan fingerprint density at radius 3 is 1.20 bits per heavy atom. The standard InChI is InChI=1S/C43H80O2/c1-4-6-8-10-12-14-16-18-20-22-24-26-28-30-32-34-36-43(44-41-38-40(3)39-42(41)45-43)37-35-33-31-29-27-25-23-21-19-17-15-13-11-9-7-5-2/h12,14,18,20,40-42H,4-11,13,15-17,19,21-39H2,1-3H3/b14-12-,20-18-/t40-,41-,42+,43?. The zero-order valence-corrected chi connectivity index (χ0v) is 31.0. The fraction of sp³-hybridized carbons (Fsp3) is 0.907. The van der Waals surface area contributed by atoms with Crippen molar-refractivity contribution >= 4 is 0 Å². The molecule has 264 valence electrons. The molecule has 0 bridgehead atoms. The van der Waals surface area contributed by atoms with E-state index in [1.54, 1.807) is 0 Å². The molecular formula is C43H80O2. The van der Waals surface area contributed by atoms with E-state index in [1.165, 1.54) is 186 Å². The third kappa shape index (κ3) is 21.1. The minimum Gasteiger partial charge on any atom is -0.344 e. The summed E-state index contributed by atoms with van der Waals surface area (Å²) in [6.45, 7) is 6.94. The summed E-state index contributed by atoms with van der Waals surface area (Å²) in [6.07, 6.45) is 53.3. The molecule has 2 heteroatoms. The van der Waals surface area contributed by atoms with Gasteiger partial charge in [0.25, 0.3) is 0 Å². The maximum Gasteiger partial charge on any atom is 0.169 e. The molecule has 2 nitrogen and oxygen atoms in total. The minimum atomic E-state index is -0.263. The first kappa shape index (κ1) is 40.6. The van der Waals surface area contributed by atoms with Crippen LogP contribution in [0.4, 0.5) is 0 Å². The lowest BCUT2D eigenvalue weighted by molar-refractivity contribution is -0.192. The molecule has 1 aliphatic heterocycles. The van der Waals surface area contributed by atoms with Crippen LogP contribution in [0, 0.1) is 5.92 Å². The first-order valence-corrected chi connectivity index (χ1v) is 20.8. The Morgan fingerprint density at radius 2 is 0.778 bits per heavy atom. The summed E-state index contributed by atoms with van der Waals surface area (Å²) in [5.41, 5.74) is 0. The lowest BCUT2D eigenvalue weighted by atomic mass is 9.98. The maximum absolute atomic E-state index is 6.76.